The molecule has 0 spiro atoms. The van der Waals surface area contributed by atoms with Crippen molar-refractivity contribution in [1.82, 2.24) is 9.47 Å². The minimum atomic E-state index is -0.867. The summed E-state index contributed by atoms with van der Waals surface area (Å²) in [4.78, 5) is 15.0. The van der Waals surface area contributed by atoms with E-state index in [0.29, 0.717) is 31.6 Å². The van der Waals surface area contributed by atoms with Crippen LogP contribution in [0.2, 0.25) is 0 Å². The smallest absolute Gasteiger partial charge is 0.270 e. The molecule has 1 aliphatic heterocycles. The molecule has 1 amide bonds. The molecule has 5 heteroatoms. The molecule has 0 atom stereocenters. The number of hydrogen-bond acceptors (Lipinski definition) is 3. The molecule has 0 aliphatic carbocycles. The van der Waals surface area contributed by atoms with E-state index in [0.717, 1.165) is 27.8 Å². The van der Waals surface area contributed by atoms with Crippen molar-refractivity contribution < 1.29 is 14.6 Å². The summed E-state index contributed by atoms with van der Waals surface area (Å²) < 4.78 is 7.22. The summed E-state index contributed by atoms with van der Waals surface area (Å²) in [6.07, 6.45) is 1.09. The van der Waals surface area contributed by atoms with Crippen LogP contribution < -0.4 is 4.74 Å². The van der Waals surface area contributed by atoms with E-state index in [2.05, 4.69) is 0 Å². The molecule has 0 saturated carbocycles. The third-order valence-corrected chi connectivity index (χ3v) is 6.00. The number of rotatable bonds is 3. The number of carbonyl (C=O) groups excluding carboxylic acids is 1. The van der Waals surface area contributed by atoms with Gasteiger partial charge in [0.15, 0.2) is 0 Å². The molecule has 1 fully saturated rings. The topological polar surface area (TPSA) is 54.7 Å². The molecule has 1 saturated heterocycles. The summed E-state index contributed by atoms with van der Waals surface area (Å²) in [6.45, 7) is 3.09. The zero-order valence-electron chi connectivity index (χ0n) is 16.6. The Morgan fingerprint density at radius 2 is 1.82 bits per heavy atom. The zero-order valence-corrected chi connectivity index (χ0v) is 16.6. The number of piperidine rings is 1. The van der Waals surface area contributed by atoms with E-state index in [1.165, 1.54) is 0 Å². The Morgan fingerprint density at radius 1 is 1.11 bits per heavy atom. The normalized spacial score (nSPS) is 16.4. The fourth-order valence-corrected chi connectivity index (χ4v) is 4.25. The lowest BCUT2D eigenvalue weighted by atomic mass is 9.82. The number of fused-ring (bicyclic) bond motifs is 1. The minimum absolute atomic E-state index is 0.00417. The fourth-order valence-electron chi connectivity index (χ4n) is 4.25. The van der Waals surface area contributed by atoms with Crippen LogP contribution >= 0.6 is 0 Å². The van der Waals surface area contributed by atoms with Gasteiger partial charge in [0.1, 0.15) is 11.4 Å². The number of benzene rings is 2. The third kappa shape index (κ3) is 3.06. The summed E-state index contributed by atoms with van der Waals surface area (Å²) >= 11 is 0. The van der Waals surface area contributed by atoms with E-state index < -0.39 is 5.60 Å². The van der Waals surface area contributed by atoms with Gasteiger partial charge >= 0.3 is 0 Å². The van der Waals surface area contributed by atoms with Gasteiger partial charge in [-0.05, 0) is 49.1 Å². The van der Waals surface area contributed by atoms with Crippen LogP contribution in [0.4, 0.5) is 0 Å². The average molecular weight is 378 g/mol. The lowest BCUT2D eigenvalue weighted by molar-refractivity contribution is -0.0217. The molecule has 146 valence electrons. The molecule has 0 radical (unpaired) electrons. The van der Waals surface area contributed by atoms with Crippen molar-refractivity contribution in [2.24, 2.45) is 7.05 Å². The Morgan fingerprint density at radius 3 is 2.50 bits per heavy atom. The van der Waals surface area contributed by atoms with Crippen molar-refractivity contribution in [1.29, 1.82) is 0 Å². The quantitative estimate of drug-likeness (QED) is 0.757. The van der Waals surface area contributed by atoms with Gasteiger partial charge in [0, 0.05) is 31.6 Å². The number of hydrogen-bond donors (Lipinski definition) is 1. The first kappa shape index (κ1) is 18.6. The van der Waals surface area contributed by atoms with E-state index >= 15 is 0 Å². The first-order chi connectivity index (χ1) is 13.4. The second-order valence-electron chi connectivity index (χ2n) is 7.65. The maximum atomic E-state index is 13.2. The standard InChI is InChI=1S/C23H26N2O3/c1-16-6-4-5-7-19(16)23(27)10-12-25(13-11-23)22(26)21-14-17-8-9-18(28-3)15-20(17)24(21)2/h4-9,14-15,27H,10-13H2,1-3H3. The highest BCUT2D eigenvalue weighted by atomic mass is 16.5. The van der Waals surface area contributed by atoms with Gasteiger partial charge in [0.05, 0.1) is 18.2 Å². The molecule has 2 aromatic carbocycles. The van der Waals surface area contributed by atoms with Crippen LogP contribution in [0, 0.1) is 6.92 Å². The van der Waals surface area contributed by atoms with Crippen LogP contribution in [-0.4, -0.2) is 40.7 Å². The van der Waals surface area contributed by atoms with Gasteiger partial charge in [-0.1, -0.05) is 24.3 Å². The van der Waals surface area contributed by atoms with Gasteiger partial charge < -0.3 is 19.3 Å². The molecule has 5 nitrogen and oxygen atoms in total. The van der Waals surface area contributed by atoms with Crippen molar-refractivity contribution in [2.75, 3.05) is 20.2 Å². The van der Waals surface area contributed by atoms with Crippen LogP contribution in [0.1, 0.15) is 34.5 Å². The number of likely N-dealkylation sites (tertiary alicyclic amines) is 1. The third-order valence-electron chi connectivity index (χ3n) is 6.00. The monoisotopic (exact) mass is 378 g/mol. The number of methoxy groups -OCH3 is 1. The molecule has 2 heterocycles. The molecular weight excluding hydrogens is 352 g/mol. The lowest BCUT2D eigenvalue weighted by Gasteiger charge is -2.39. The zero-order chi connectivity index (χ0) is 19.9. The second kappa shape index (κ2) is 6.99. The minimum Gasteiger partial charge on any atom is -0.497 e. The number of aryl methyl sites for hydroxylation is 2. The molecule has 4 rings (SSSR count). The maximum Gasteiger partial charge on any atom is 0.270 e. The SMILES string of the molecule is COc1ccc2cc(C(=O)N3CCC(O)(c4ccccc4C)CC3)n(C)c2c1. The van der Waals surface area contributed by atoms with Gasteiger partial charge in [0.25, 0.3) is 5.91 Å². The average Bonchev–Trinajstić information content (AvgIpc) is 3.04. The maximum absolute atomic E-state index is 13.2. The number of aliphatic hydroxyl groups is 1. The summed E-state index contributed by atoms with van der Waals surface area (Å²) in [6, 6.07) is 15.7. The van der Waals surface area contributed by atoms with Crippen LogP contribution in [-0.2, 0) is 12.6 Å². The Kier molecular flexibility index (Phi) is 4.63. The predicted octanol–water partition coefficient (Wildman–Crippen LogP) is 3.62. The number of aromatic nitrogens is 1. The number of amides is 1. The Labute approximate surface area is 165 Å². The molecule has 1 aliphatic rings. The van der Waals surface area contributed by atoms with E-state index in [1.54, 1.807) is 7.11 Å². The van der Waals surface area contributed by atoms with E-state index in [9.17, 15) is 9.90 Å². The van der Waals surface area contributed by atoms with Gasteiger partial charge in [0.2, 0.25) is 0 Å². The molecule has 28 heavy (non-hydrogen) atoms. The number of nitrogens with zero attached hydrogens (tertiary/aromatic N) is 2. The van der Waals surface area contributed by atoms with E-state index in [-0.39, 0.29) is 5.91 Å². The molecule has 3 aromatic rings. The van der Waals surface area contributed by atoms with Crippen molar-refractivity contribution in [3.05, 3.63) is 65.4 Å². The highest BCUT2D eigenvalue weighted by Crippen LogP contribution is 2.35. The summed E-state index contributed by atoms with van der Waals surface area (Å²) in [5.41, 5.74) is 2.82. The predicted molar refractivity (Wildman–Crippen MR) is 110 cm³/mol. The molecule has 1 N–H and O–H groups in total. The lowest BCUT2D eigenvalue weighted by Crippen LogP contribution is -2.45. The summed E-state index contributed by atoms with van der Waals surface area (Å²) in [7, 11) is 3.54. The first-order valence-electron chi connectivity index (χ1n) is 9.64. The van der Waals surface area contributed by atoms with Gasteiger partial charge in [-0.2, -0.15) is 0 Å². The van der Waals surface area contributed by atoms with Gasteiger partial charge in [-0.3, -0.25) is 4.79 Å². The Bertz CT molecular complexity index is 1030. The van der Waals surface area contributed by atoms with Gasteiger partial charge in [-0.25, -0.2) is 0 Å². The van der Waals surface area contributed by atoms with E-state index in [4.69, 9.17) is 4.74 Å². The van der Waals surface area contributed by atoms with Crippen molar-refractivity contribution in [2.45, 2.75) is 25.4 Å². The largest absolute Gasteiger partial charge is 0.497 e. The Balaban J connectivity index is 1.55. The van der Waals surface area contributed by atoms with Crippen molar-refractivity contribution >= 4 is 16.8 Å². The van der Waals surface area contributed by atoms with Crippen LogP contribution in [0.3, 0.4) is 0 Å². The Hall–Kier alpha value is -2.79. The van der Waals surface area contributed by atoms with Crippen LogP contribution in [0.25, 0.3) is 10.9 Å². The van der Waals surface area contributed by atoms with Crippen molar-refractivity contribution in [3.63, 3.8) is 0 Å². The number of carbonyl (C=O) groups is 1. The van der Waals surface area contributed by atoms with Crippen molar-refractivity contribution in [3.8, 4) is 5.75 Å². The van der Waals surface area contributed by atoms with Crippen LogP contribution in [0.5, 0.6) is 5.75 Å². The number of ether oxygens (including phenoxy) is 1. The molecule has 0 bridgehead atoms. The summed E-state index contributed by atoms with van der Waals surface area (Å²) in [5, 5.41) is 12.2. The highest BCUT2D eigenvalue weighted by Gasteiger charge is 2.36. The molecule has 1 aromatic heterocycles. The molecular formula is C23H26N2O3. The van der Waals surface area contributed by atoms with Crippen LogP contribution in [0.15, 0.2) is 48.5 Å². The molecule has 0 unspecified atom stereocenters. The summed E-state index contributed by atoms with van der Waals surface area (Å²) in [5.74, 6) is 0.776. The first-order valence-corrected chi connectivity index (χ1v) is 9.64. The fraction of sp³-hybridized carbons (Fsp3) is 0.348. The van der Waals surface area contributed by atoms with E-state index in [1.807, 2.05) is 72.0 Å². The second-order valence-corrected chi connectivity index (χ2v) is 7.65. The van der Waals surface area contributed by atoms with Gasteiger partial charge in [-0.15, -0.1) is 0 Å². The highest BCUT2D eigenvalue weighted by molar-refractivity contribution is 5.99.